The highest BCUT2D eigenvalue weighted by atomic mass is 32.2. The number of aryl methyl sites for hydroxylation is 2. The van der Waals surface area contributed by atoms with Gasteiger partial charge in [0, 0.05) is 25.0 Å². The second-order valence-electron chi connectivity index (χ2n) is 8.48. The molecule has 0 radical (unpaired) electrons. The van der Waals surface area contributed by atoms with Crippen molar-refractivity contribution in [3.05, 3.63) is 76.5 Å². The number of aliphatic hydroxyl groups excluding tert-OH is 1. The van der Waals surface area contributed by atoms with Gasteiger partial charge in [-0.1, -0.05) is 36.4 Å². The third-order valence-electron chi connectivity index (χ3n) is 6.08. The van der Waals surface area contributed by atoms with E-state index in [0.717, 1.165) is 16.7 Å². The van der Waals surface area contributed by atoms with E-state index in [4.69, 9.17) is 21.6 Å². The van der Waals surface area contributed by atoms with E-state index in [2.05, 4.69) is 6.07 Å². The summed E-state index contributed by atoms with van der Waals surface area (Å²) >= 11 is 1.29. The maximum Gasteiger partial charge on any atom is 0.335 e. The molecule has 0 fully saturated rings. The number of nitriles is 1. The SMILES string of the molecule is Cn1c(C(N)=O)c(N)c2c(-c3ccc(CCCO)cc3)c(C#N)c(SCc3cccc(C(=O)O)c3)nc21. The van der Waals surface area contributed by atoms with Crippen LogP contribution in [-0.2, 0) is 19.2 Å². The van der Waals surface area contributed by atoms with Crippen molar-refractivity contribution in [2.24, 2.45) is 12.8 Å². The molecular formula is C27H25N5O4S. The third-order valence-corrected chi connectivity index (χ3v) is 7.13. The van der Waals surface area contributed by atoms with E-state index in [1.165, 1.54) is 22.4 Å². The molecule has 2 aromatic carbocycles. The van der Waals surface area contributed by atoms with Crippen molar-refractivity contribution in [2.45, 2.75) is 23.6 Å². The number of hydrogen-bond donors (Lipinski definition) is 4. The van der Waals surface area contributed by atoms with Gasteiger partial charge in [-0.25, -0.2) is 9.78 Å². The number of primary amides is 1. The average Bonchev–Trinajstić information content (AvgIpc) is 3.15. The Bertz CT molecular complexity index is 1550. The summed E-state index contributed by atoms with van der Waals surface area (Å²) in [4.78, 5) is 28.3. The molecule has 2 heterocycles. The first-order valence-corrected chi connectivity index (χ1v) is 12.4. The number of rotatable bonds is 9. The van der Waals surface area contributed by atoms with Gasteiger partial charge in [0.1, 0.15) is 22.4 Å². The fourth-order valence-corrected chi connectivity index (χ4v) is 5.24. The molecule has 10 heteroatoms. The lowest BCUT2D eigenvalue weighted by Gasteiger charge is -2.13. The van der Waals surface area contributed by atoms with Crippen molar-refractivity contribution in [1.29, 1.82) is 5.26 Å². The highest BCUT2D eigenvalue weighted by molar-refractivity contribution is 7.98. The third kappa shape index (κ3) is 5.00. The van der Waals surface area contributed by atoms with Gasteiger partial charge >= 0.3 is 5.97 Å². The van der Waals surface area contributed by atoms with Gasteiger partial charge in [-0.2, -0.15) is 5.26 Å². The van der Waals surface area contributed by atoms with E-state index in [-0.39, 0.29) is 23.6 Å². The standard InChI is InChI=1S/C27H25N5O4S/c1-32-23(24(30)34)22(29)21-20(17-9-7-15(8-10-17)5-3-11-33)19(13-28)26(31-25(21)32)37-14-16-4-2-6-18(12-16)27(35)36/h2,4,6-10,12,33H,3,5,11,14,29H2,1H3,(H2,30,34)(H,35,36). The van der Waals surface area contributed by atoms with Gasteiger partial charge in [0.2, 0.25) is 0 Å². The number of benzene rings is 2. The number of aliphatic hydroxyl groups is 1. The summed E-state index contributed by atoms with van der Waals surface area (Å²) in [6.45, 7) is 0.0949. The fourth-order valence-electron chi connectivity index (χ4n) is 4.32. The van der Waals surface area contributed by atoms with Gasteiger partial charge in [0.05, 0.1) is 22.2 Å². The minimum absolute atomic E-state index is 0.0949. The number of nitrogens with two attached hydrogens (primary N) is 2. The normalized spacial score (nSPS) is 10.9. The Labute approximate surface area is 217 Å². The first-order chi connectivity index (χ1) is 17.8. The van der Waals surface area contributed by atoms with Crippen LogP contribution in [0.5, 0.6) is 0 Å². The first-order valence-electron chi connectivity index (χ1n) is 11.4. The number of aromatic nitrogens is 2. The van der Waals surface area contributed by atoms with E-state index in [0.29, 0.717) is 45.8 Å². The molecule has 0 aliphatic carbocycles. The van der Waals surface area contributed by atoms with Crippen molar-refractivity contribution in [3.8, 4) is 17.2 Å². The minimum atomic E-state index is -1.02. The van der Waals surface area contributed by atoms with E-state index in [9.17, 15) is 20.0 Å². The van der Waals surface area contributed by atoms with Crippen molar-refractivity contribution in [3.63, 3.8) is 0 Å². The molecule has 0 aliphatic rings. The molecule has 0 aliphatic heterocycles. The second kappa shape index (κ2) is 10.7. The molecule has 0 atom stereocenters. The number of pyridine rings is 1. The van der Waals surface area contributed by atoms with Crippen LogP contribution in [0.15, 0.2) is 53.6 Å². The predicted molar refractivity (Wildman–Crippen MR) is 142 cm³/mol. The van der Waals surface area contributed by atoms with Crippen molar-refractivity contribution >= 4 is 40.4 Å². The molecule has 0 saturated heterocycles. The Hall–Kier alpha value is -4.33. The Morgan fingerprint density at radius 3 is 2.51 bits per heavy atom. The number of carboxylic acids is 1. The van der Waals surface area contributed by atoms with E-state index in [1.807, 2.05) is 30.3 Å². The van der Waals surface area contributed by atoms with E-state index >= 15 is 0 Å². The minimum Gasteiger partial charge on any atom is -0.478 e. The first kappa shape index (κ1) is 25.8. The molecule has 4 rings (SSSR count). The number of nitrogens with zero attached hydrogens (tertiary/aromatic N) is 3. The number of fused-ring (bicyclic) bond motifs is 1. The van der Waals surface area contributed by atoms with Crippen LogP contribution >= 0.6 is 11.8 Å². The summed E-state index contributed by atoms with van der Waals surface area (Å²) in [5, 5.41) is 29.6. The molecule has 4 aromatic rings. The maximum absolute atomic E-state index is 12.2. The largest absolute Gasteiger partial charge is 0.478 e. The van der Waals surface area contributed by atoms with Gasteiger partial charge in [-0.05, 0) is 41.7 Å². The Morgan fingerprint density at radius 1 is 1.16 bits per heavy atom. The summed E-state index contributed by atoms with van der Waals surface area (Å²) in [7, 11) is 1.64. The van der Waals surface area contributed by atoms with Gasteiger partial charge in [-0.3, -0.25) is 4.79 Å². The van der Waals surface area contributed by atoms with Gasteiger partial charge < -0.3 is 26.2 Å². The highest BCUT2D eigenvalue weighted by Crippen LogP contribution is 2.41. The fraction of sp³-hybridized carbons (Fsp3) is 0.185. The summed E-state index contributed by atoms with van der Waals surface area (Å²) < 4.78 is 1.53. The average molecular weight is 516 g/mol. The van der Waals surface area contributed by atoms with E-state index < -0.39 is 11.9 Å². The Kier molecular flexibility index (Phi) is 7.47. The number of thioether (sulfide) groups is 1. The van der Waals surface area contributed by atoms with Crippen LogP contribution in [-0.4, -0.2) is 38.2 Å². The summed E-state index contributed by atoms with van der Waals surface area (Å²) in [6.07, 6.45) is 1.35. The number of nitrogen functional groups attached to an aromatic ring is 1. The summed E-state index contributed by atoms with van der Waals surface area (Å²) in [5.74, 6) is -1.36. The summed E-state index contributed by atoms with van der Waals surface area (Å²) in [5.41, 5.74) is 16.2. The predicted octanol–water partition coefficient (Wildman–Crippen LogP) is 3.71. The van der Waals surface area contributed by atoms with Gasteiger partial charge in [-0.15, -0.1) is 11.8 Å². The number of hydrogen-bond acceptors (Lipinski definition) is 7. The molecule has 2 aromatic heterocycles. The quantitative estimate of drug-likeness (QED) is 0.245. The number of carboxylic acid groups (broad SMARTS) is 1. The maximum atomic E-state index is 12.2. The van der Waals surface area contributed by atoms with Gasteiger partial charge in [0.15, 0.2) is 0 Å². The van der Waals surface area contributed by atoms with Crippen LogP contribution < -0.4 is 11.5 Å². The zero-order chi connectivity index (χ0) is 26.7. The van der Waals surface area contributed by atoms with Crippen LogP contribution in [0.1, 0.15) is 44.0 Å². The molecule has 9 nitrogen and oxygen atoms in total. The molecule has 6 N–H and O–H groups in total. The zero-order valence-electron chi connectivity index (χ0n) is 20.1. The lowest BCUT2D eigenvalue weighted by molar-refractivity contribution is 0.0696. The molecule has 0 spiro atoms. The topological polar surface area (TPSA) is 168 Å². The van der Waals surface area contributed by atoms with Gasteiger partial charge in [0.25, 0.3) is 5.91 Å². The molecule has 0 saturated carbocycles. The van der Waals surface area contributed by atoms with Crippen molar-refractivity contribution < 1.29 is 19.8 Å². The number of carbonyl (C=O) groups excluding carboxylic acids is 1. The Morgan fingerprint density at radius 2 is 1.89 bits per heavy atom. The van der Waals surface area contributed by atoms with Crippen LogP contribution in [0.25, 0.3) is 22.2 Å². The molecule has 1 amide bonds. The van der Waals surface area contributed by atoms with Crippen molar-refractivity contribution in [1.82, 2.24) is 9.55 Å². The van der Waals surface area contributed by atoms with Crippen LogP contribution in [0.3, 0.4) is 0 Å². The number of anilines is 1. The van der Waals surface area contributed by atoms with Crippen LogP contribution in [0.4, 0.5) is 5.69 Å². The summed E-state index contributed by atoms with van der Waals surface area (Å²) in [6, 6.07) is 16.4. The highest BCUT2D eigenvalue weighted by Gasteiger charge is 2.26. The second-order valence-corrected chi connectivity index (χ2v) is 9.45. The number of aromatic carboxylic acids is 1. The molecule has 0 bridgehead atoms. The molecule has 0 unspecified atom stereocenters. The Balaban J connectivity index is 1.89. The van der Waals surface area contributed by atoms with Crippen molar-refractivity contribution in [2.75, 3.05) is 12.3 Å². The van der Waals surface area contributed by atoms with Crippen LogP contribution in [0, 0.1) is 11.3 Å². The monoisotopic (exact) mass is 515 g/mol. The lowest BCUT2D eigenvalue weighted by Crippen LogP contribution is -2.17. The van der Waals surface area contributed by atoms with E-state index in [1.54, 1.807) is 19.2 Å². The molecule has 37 heavy (non-hydrogen) atoms. The lowest BCUT2D eigenvalue weighted by atomic mass is 9.96. The molecular weight excluding hydrogens is 490 g/mol. The smallest absolute Gasteiger partial charge is 0.335 e. The number of carbonyl (C=O) groups is 2. The molecule has 188 valence electrons. The zero-order valence-corrected chi connectivity index (χ0v) is 20.9. The number of amides is 1. The van der Waals surface area contributed by atoms with Crippen LogP contribution in [0.2, 0.25) is 0 Å².